The second-order valence-electron chi connectivity index (χ2n) is 3.84. The molecule has 1 aromatic heterocycles. The van der Waals surface area contributed by atoms with Crippen molar-refractivity contribution in [2.24, 2.45) is 0 Å². The Bertz CT molecular complexity index is 523. The molecular weight excluding hydrogens is 212 g/mol. The van der Waals surface area contributed by atoms with Crippen molar-refractivity contribution in [3.05, 3.63) is 42.1 Å². The van der Waals surface area contributed by atoms with Crippen LogP contribution in [0.15, 0.2) is 36.5 Å². The minimum atomic E-state index is 0.627. The van der Waals surface area contributed by atoms with E-state index in [1.165, 1.54) is 11.1 Å². The van der Waals surface area contributed by atoms with Crippen LogP contribution in [0.5, 0.6) is 5.88 Å². The normalized spacial score (nSPS) is 10.1. The van der Waals surface area contributed by atoms with Crippen molar-refractivity contribution in [1.29, 1.82) is 0 Å². The van der Waals surface area contributed by atoms with E-state index >= 15 is 0 Å². The van der Waals surface area contributed by atoms with Gasteiger partial charge in [0.1, 0.15) is 0 Å². The summed E-state index contributed by atoms with van der Waals surface area (Å²) in [6.45, 7) is 2.10. The molecule has 0 amide bonds. The van der Waals surface area contributed by atoms with E-state index in [1.807, 2.05) is 25.2 Å². The molecule has 0 aliphatic carbocycles. The second kappa shape index (κ2) is 4.87. The van der Waals surface area contributed by atoms with E-state index in [9.17, 15) is 0 Å². The minimum Gasteiger partial charge on any atom is -0.481 e. The lowest BCUT2D eigenvalue weighted by Gasteiger charge is -2.12. The first kappa shape index (κ1) is 11.5. The summed E-state index contributed by atoms with van der Waals surface area (Å²) in [5.41, 5.74) is 4.53. The lowest BCUT2D eigenvalue weighted by atomic mass is 10.0. The zero-order chi connectivity index (χ0) is 12.3. The highest BCUT2D eigenvalue weighted by atomic mass is 16.5. The predicted molar refractivity (Wildman–Crippen MR) is 70.5 cm³/mol. The van der Waals surface area contributed by atoms with Gasteiger partial charge in [0, 0.05) is 18.7 Å². The maximum Gasteiger partial charge on any atom is 0.213 e. The third-order valence-corrected chi connectivity index (χ3v) is 2.79. The number of nitrogens with zero attached hydrogens (tertiary/aromatic N) is 1. The molecule has 0 bridgehead atoms. The Morgan fingerprint density at radius 1 is 1.18 bits per heavy atom. The highest BCUT2D eigenvalue weighted by molar-refractivity contribution is 5.79. The van der Waals surface area contributed by atoms with Gasteiger partial charge >= 0.3 is 0 Å². The van der Waals surface area contributed by atoms with Crippen LogP contribution < -0.4 is 10.1 Å². The molecule has 0 atom stereocenters. The van der Waals surface area contributed by atoms with Crippen LogP contribution in [0.2, 0.25) is 0 Å². The van der Waals surface area contributed by atoms with Crippen molar-refractivity contribution in [3.8, 4) is 17.0 Å². The van der Waals surface area contributed by atoms with Crippen molar-refractivity contribution >= 4 is 5.69 Å². The van der Waals surface area contributed by atoms with E-state index < -0.39 is 0 Å². The molecule has 0 aliphatic rings. The number of ether oxygens (including phenoxy) is 1. The van der Waals surface area contributed by atoms with Gasteiger partial charge < -0.3 is 10.1 Å². The Hall–Kier alpha value is -2.03. The minimum absolute atomic E-state index is 0.627. The molecule has 0 fully saturated rings. The summed E-state index contributed by atoms with van der Waals surface area (Å²) in [4.78, 5) is 4.20. The van der Waals surface area contributed by atoms with Crippen molar-refractivity contribution in [1.82, 2.24) is 4.98 Å². The van der Waals surface area contributed by atoms with Gasteiger partial charge in [-0.2, -0.15) is 0 Å². The number of hydrogen-bond donors (Lipinski definition) is 1. The quantitative estimate of drug-likeness (QED) is 0.876. The van der Waals surface area contributed by atoms with Crippen LogP contribution in [0.4, 0.5) is 5.69 Å². The molecule has 1 heterocycles. The van der Waals surface area contributed by atoms with Crippen LogP contribution in [0.1, 0.15) is 5.56 Å². The first-order chi connectivity index (χ1) is 8.26. The van der Waals surface area contributed by atoms with Gasteiger partial charge in [0.05, 0.1) is 19.0 Å². The first-order valence-electron chi connectivity index (χ1n) is 5.54. The lowest BCUT2D eigenvalue weighted by Crippen LogP contribution is -1.96. The van der Waals surface area contributed by atoms with Gasteiger partial charge in [0.15, 0.2) is 0 Å². The number of rotatable bonds is 3. The smallest absolute Gasteiger partial charge is 0.213 e. The predicted octanol–water partition coefficient (Wildman–Crippen LogP) is 3.11. The second-order valence-corrected chi connectivity index (χ2v) is 3.84. The molecule has 88 valence electrons. The van der Waals surface area contributed by atoms with Crippen LogP contribution in [0, 0.1) is 6.92 Å². The van der Waals surface area contributed by atoms with Gasteiger partial charge in [-0.3, -0.25) is 0 Å². The van der Waals surface area contributed by atoms with Crippen molar-refractivity contribution in [3.63, 3.8) is 0 Å². The highest BCUT2D eigenvalue weighted by Gasteiger charge is 2.08. The van der Waals surface area contributed by atoms with Crippen LogP contribution in [0.25, 0.3) is 11.1 Å². The molecule has 0 saturated carbocycles. The third kappa shape index (κ3) is 2.23. The molecule has 0 saturated heterocycles. The number of hydrogen-bond acceptors (Lipinski definition) is 3. The lowest BCUT2D eigenvalue weighted by molar-refractivity contribution is 0.398. The Balaban J connectivity index is 2.60. The number of pyridine rings is 1. The fourth-order valence-corrected chi connectivity index (χ4v) is 1.84. The molecule has 2 aromatic rings. The number of anilines is 1. The molecule has 1 aromatic carbocycles. The molecule has 3 nitrogen and oxygen atoms in total. The summed E-state index contributed by atoms with van der Waals surface area (Å²) in [6, 6.07) is 10.2. The summed E-state index contributed by atoms with van der Waals surface area (Å²) in [5.74, 6) is 0.627. The molecule has 3 heteroatoms. The Morgan fingerprint density at radius 3 is 2.59 bits per heavy atom. The average molecular weight is 228 g/mol. The summed E-state index contributed by atoms with van der Waals surface area (Å²) in [5, 5.41) is 3.15. The van der Waals surface area contributed by atoms with Gasteiger partial charge in [-0.05, 0) is 18.1 Å². The number of benzene rings is 1. The van der Waals surface area contributed by atoms with E-state index in [0.717, 1.165) is 11.3 Å². The average Bonchev–Trinajstić information content (AvgIpc) is 2.38. The topological polar surface area (TPSA) is 34.2 Å². The standard InChI is InChI=1S/C14H16N2O/c1-10-6-4-5-7-11(10)12-8-14(17-3)16-9-13(12)15-2/h4-9,15H,1-3H3. The zero-order valence-corrected chi connectivity index (χ0v) is 10.3. The SMILES string of the molecule is CNc1cnc(OC)cc1-c1ccccc1C. The molecule has 2 rings (SSSR count). The first-order valence-corrected chi connectivity index (χ1v) is 5.54. The molecule has 0 spiro atoms. The van der Waals surface area contributed by atoms with Crippen LogP contribution in [-0.2, 0) is 0 Å². The third-order valence-electron chi connectivity index (χ3n) is 2.79. The summed E-state index contributed by atoms with van der Waals surface area (Å²) in [6.07, 6.45) is 1.79. The Labute approximate surface area is 101 Å². The maximum atomic E-state index is 5.18. The number of aromatic nitrogens is 1. The fraction of sp³-hybridized carbons (Fsp3) is 0.214. The number of nitrogens with one attached hydrogen (secondary N) is 1. The van der Waals surface area contributed by atoms with Crippen molar-refractivity contribution < 1.29 is 4.74 Å². The fourth-order valence-electron chi connectivity index (χ4n) is 1.84. The Morgan fingerprint density at radius 2 is 1.94 bits per heavy atom. The van der Waals surface area contributed by atoms with Crippen molar-refractivity contribution in [2.45, 2.75) is 6.92 Å². The maximum absolute atomic E-state index is 5.18. The van der Waals surface area contributed by atoms with E-state index in [1.54, 1.807) is 13.3 Å². The van der Waals surface area contributed by atoms with Crippen LogP contribution >= 0.6 is 0 Å². The van der Waals surface area contributed by atoms with Gasteiger partial charge in [0.2, 0.25) is 5.88 Å². The van der Waals surface area contributed by atoms with E-state index in [2.05, 4.69) is 29.4 Å². The summed E-state index contributed by atoms with van der Waals surface area (Å²) < 4.78 is 5.18. The number of aryl methyl sites for hydroxylation is 1. The Kier molecular flexibility index (Phi) is 3.28. The van der Waals surface area contributed by atoms with Gasteiger partial charge in [0.25, 0.3) is 0 Å². The zero-order valence-electron chi connectivity index (χ0n) is 10.3. The monoisotopic (exact) mass is 228 g/mol. The van der Waals surface area contributed by atoms with E-state index in [-0.39, 0.29) is 0 Å². The largest absolute Gasteiger partial charge is 0.481 e. The molecule has 1 N–H and O–H groups in total. The van der Waals surface area contributed by atoms with E-state index in [0.29, 0.717) is 5.88 Å². The van der Waals surface area contributed by atoms with Gasteiger partial charge in [-0.15, -0.1) is 0 Å². The number of methoxy groups -OCH3 is 1. The molecule has 0 aliphatic heterocycles. The van der Waals surface area contributed by atoms with Crippen LogP contribution in [-0.4, -0.2) is 19.1 Å². The molecule has 0 unspecified atom stereocenters. The van der Waals surface area contributed by atoms with Gasteiger partial charge in [-0.25, -0.2) is 4.98 Å². The highest BCUT2D eigenvalue weighted by Crippen LogP contribution is 2.31. The van der Waals surface area contributed by atoms with Crippen LogP contribution in [0.3, 0.4) is 0 Å². The molecule has 0 radical (unpaired) electrons. The molecule has 17 heavy (non-hydrogen) atoms. The van der Waals surface area contributed by atoms with E-state index in [4.69, 9.17) is 4.74 Å². The molecular formula is C14H16N2O. The van der Waals surface area contributed by atoms with Gasteiger partial charge in [-0.1, -0.05) is 24.3 Å². The van der Waals surface area contributed by atoms with Crippen molar-refractivity contribution in [2.75, 3.05) is 19.5 Å². The summed E-state index contributed by atoms with van der Waals surface area (Å²) >= 11 is 0. The summed E-state index contributed by atoms with van der Waals surface area (Å²) in [7, 11) is 3.52.